The molecule has 2 aromatic rings. The SMILES string of the molecule is COc1ccccc1CN(C)c1cncc(CO)n1. The maximum atomic E-state index is 9.07. The summed E-state index contributed by atoms with van der Waals surface area (Å²) >= 11 is 0. The Kier molecular flexibility index (Phi) is 4.30. The predicted octanol–water partition coefficient (Wildman–Crippen LogP) is 1.61. The second-order valence-electron chi connectivity index (χ2n) is 4.19. The van der Waals surface area contributed by atoms with Gasteiger partial charge in [0.25, 0.3) is 0 Å². The van der Waals surface area contributed by atoms with Crippen LogP contribution in [0.3, 0.4) is 0 Å². The van der Waals surface area contributed by atoms with E-state index >= 15 is 0 Å². The van der Waals surface area contributed by atoms with Gasteiger partial charge < -0.3 is 14.7 Å². The highest BCUT2D eigenvalue weighted by Crippen LogP contribution is 2.20. The Morgan fingerprint density at radius 2 is 2.05 bits per heavy atom. The second kappa shape index (κ2) is 6.15. The summed E-state index contributed by atoms with van der Waals surface area (Å²) in [5.74, 6) is 1.57. The third-order valence-electron chi connectivity index (χ3n) is 2.82. The first-order valence-corrected chi connectivity index (χ1v) is 5.99. The topological polar surface area (TPSA) is 58.5 Å². The van der Waals surface area contributed by atoms with Gasteiger partial charge in [-0.05, 0) is 6.07 Å². The quantitative estimate of drug-likeness (QED) is 0.884. The van der Waals surface area contributed by atoms with Gasteiger partial charge in [0, 0.05) is 19.2 Å². The Bertz CT molecular complexity index is 546. The number of hydrogen-bond donors (Lipinski definition) is 1. The third kappa shape index (κ3) is 3.20. The fraction of sp³-hybridized carbons (Fsp3) is 0.286. The molecule has 1 N–H and O–H groups in total. The highest BCUT2D eigenvalue weighted by Gasteiger charge is 2.08. The molecule has 1 heterocycles. The van der Waals surface area contributed by atoms with E-state index in [9.17, 15) is 0 Å². The summed E-state index contributed by atoms with van der Waals surface area (Å²) in [7, 11) is 3.59. The summed E-state index contributed by atoms with van der Waals surface area (Å²) < 4.78 is 5.32. The van der Waals surface area contributed by atoms with Crippen molar-refractivity contribution in [2.24, 2.45) is 0 Å². The van der Waals surface area contributed by atoms with E-state index in [2.05, 4.69) is 9.97 Å². The van der Waals surface area contributed by atoms with Gasteiger partial charge in [0.15, 0.2) is 0 Å². The van der Waals surface area contributed by atoms with Gasteiger partial charge >= 0.3 is 0 Å². The summed E-state index contributed by atoms with van der Waals surface area (Å²) in [6.07, 6.45) is 3.23. The molecule has 0 bridgehead atoms. The van der Waals surface area contributed by atoms with Gasteiger partial charge in [0.05, 0.1) is 31.8 Å². The van der Waals surface area contributed by atoms with Crippen LogP contribution in [0, 0.1) is 0 Å². The van der Waals surface area contributed by atoms with Crippen molar-refractivity contribution in [2.75, 3.05) is 19.1 Å². The summed E-state index contributed by atoms with van der Waals surface area (Å²) in [5.41, 5.74) is 1.63. The number of rotatable bonds is 5. The van der Waals surface area contributed by atoms with Crippen molar-refractivity contribution in [3.05, 3.63) is 47.9 Å². The van der Waals surface area contributed by atoms with Crippen LogP contribution in [0.1, 0.15) is 11.3 Å². The number of benzene rings is 1. The first-order valence-electron chi connectivity index (χ1n) is 5.99. The van der Waals surface area contributed by atoms with Crippen LogP contribution in [-0.2, 0) is 13.2 Å². The van der Waals surface area contributed by atoms with E-state index < -0.39 is 0 Å². The average molecular weight is 259 g/mol. The van der Waals surface area contributed by atoms with Crippen molar-refractivity contribution >= 4 is 5.82 Å². The Morgan fingerprint density at radius 1 is 1.26 bits per heavy atom. The molecule has 19 heavy (non-hydrogen) atoms. The molecule has 1 aromatic carbocycles. The van der Waals surface area contributed by atoms with Crippen LogP contribution < -0.4 is 9.64 Å². The van der Waals surface area contributed by atoms with Crippen LogP contribution >= 0.6 is 0 Å². The lowest BCUT2D eigenvalue weighted by Gasteiger charge is -2.19. The van der Waals surface area contributed by atoms with E-state index in [0.717, 1.165) is 17.1 Å². The summed E-state index contributed by atoms with van der Waals surface area (Å²) in [4.78, 5) is 10.3. The van der Waals surface area contributed by atoms with Gasteiger partial charge in [-0.3, -0.25) is 4.98 Å². The van der Waals surface area contributed by atoms with Crippen LogP contribution in [0.5, 0.6) is 5.75 Å². The number of hydrogen-bond acceptors (Lipinski definition) is 5. The molecule has 0 aliphatic carbocycles. The number of para-hydroxylation sites is 1. The molecule has 2 rings (SSSR count). The van der Waals surface area contributed by atoms with Gasteiger partial charge in [-0.2, -0.15) is 0 Å². The van der Waals surface area contributed by atoms with Gasteiger partial charge in [-0.25, -0.2) is 4.98 Å². The minimum Gasteiger partial charge on any atom is -0.496 e. The third-order valence-corrected chi connectivity index (χ3v) is 2.82. The molecule has 0 radical (unpaired) electrons. The summed E-state index contributed by atoms with van der Waals surface area (Å²) in [6, 6.07) is 7.85. The first-order chi connectivity index (χ1) is 9.24. The van der Waals surface area contributed by atoms with Crippen LogP contribution in [0.2, 0.25) is 0 Å². The fourth-order valence-electron chi connectivity index (χ4n) is 1.83. The Hall–Kier alpha value is -2.14. The fourth-order valence-corrected chi connectivity index (χ4v) is 1.83. The van der Waals surface area contributed by atoms with Crippen LogP contribution in [-0.4, -0.2) is 29.2 Å². The van der Waals surface area contributed by atoms with E-state index in [1.165, 1.54) is 0 Å². The zero-order valence-electron chi connectivity index (χ0n) is 11.1. The number of nitrogens with zero attached hydrogens (tertiary/aromatic N) is 3. The predicted molar refractivity (Wildman–Crippen MR) is 73.1 cm³/mol. The number of anilines is 1. The molecule has 0 spiro atoms. The molecule has 100 valence electrons. The van der Waals surface area contributed by atoms with Crippen molar-refractivity contribution in [3.8, 4) is 5.75 Å². The molecule has 0 amide bonds. The molecule has 5 heteroatoms. The van der Waals surface area contributed by atoms with E-state index in [1.807, 2.05) is 36.2 Å². The van der Waals surface area contributed by atoms with Gasteiger partial charge in [0.1, 0.15) is 11.6 Å². The largest absolute Gasteiger partial charge is 0.496 e. The first kappa shape index (κ1) is 13.3. The molecule has 0 saturated heterocycles. The zero-order valence-corrected chi connectivity index (χ0v) is 11.1. The molecule has 0 unspecified atom stereocenters. The number of aromatic nitrogens is 2. The number of aliphatic hydroxyl groups excluding tert-OH is 1. The Labute approximate surface area is 112 Å². The van der Waals surface area contributed by atoms with E-state index in [1.54, 1.807) is 19.5 Å². The Morgan fingerprint density at radius 3 is 2.79 bits per heavy atom. The normalized spacial score (nSPS) is 10.3. The van der Waals surface area contributed by atoms with E-state index in [-0.39, 0.29) is 6.61 Å². The monoisotopic (exact) mass is 259 g/mol. The molecular formula is C14H17N3O2. The van der Waals surface area contributed by atoms with Crippen LogP contribution in [0.4, 0.5) is 5.82 Å². The van der Waals surface area contributed by atoms with Crippen molar-refractivity contribution in [2.45, 2.75) is 13.2 Å². The lowest BCUT2D eigenvalue weighted by Crippen LogP contribution is -2.19. The summed E-state index contributed by atoms with van der Waals surface area (Å²) in [6.45, 7) is 0.552. The standard InChI is InChI=1S/C14H17N3O2/c1-17(14-8-15-7-12(10-18)16-14)9-11-5-3-4-6-13(11)19-2/h3-8,18H,9-10H2,1-2H3. The summed E-state index contributed by atoms with van der Waals surface area (Å²) in [5, 5.41) is 9.07. The van der Waals surface area contributed by atoms with E-state index in [4.69, 9.17) is 9.84 Å². The van der Waals surface area contributed by atoms with Crippen molar-refractivity contribution < 1.29 is 9.84 Å². The number of ether oxygens (including phenoxy) is 1. The van der Waals surface area contributed by atoms with E-state index in [0.29, 0.717) is 12.2 Å². The maximum absolute atomic E-state index is 9.07. The van der Waals surface area contributed by atoms with Gasteiger partial charge in [-0.1, -0.05) is 18.2 Å². The van der Waals surface area contributed by atoms with Gasteiger partial charge in [-0.15, -0.1) is 0 Å². The minimum atomic E-state index is -0.108. The molecular weight excluding hydrogens is 242 g/mol. The maximum Gasteiger partial charge on any atom is 0.147 e. The van der Waals surface area contributed by atoms with Crippen molar-refractivity contribution in [3.63, 3.8) is 0 Å². The average Bonchev–Trinajstić information content (AvgIpc) is 2.47. The lowest BCUT2D eigenvalue weighted by molar-refractivity contribution is 0.276. The smallest absolute Gasteiger partial charge is 0.147 e. The van der Waals surface area contributed by atoms with Crippen molar-refractivity contribution in [1.82, 2.24) is 9.97 Å². The highest BCUT2D eigenvalue weighted by atomic mass is 16.5. The van der Waals surface area contributed by atoms with Crippen LogP contribution in [0.25, 0.3) is 0 Å². The molecule has 1 aromatic heterocycles. The minimum absolute atomic E-state index is 0.108. The molecule has 0 aliphatic heterocycles. The number of aliphatic hydroxyl groups is 1. The van der Waals surface area contributed by atoms with Gasteiger partial charge in [0.2, 0.25) is 0 Å². The van der Waals surface area contributed by atoms with Crippen molar-refractivity contribution in [1.29, 1.82) is 0 Å². The molecule has 5 nitrogen and oxygen atoms in total. The number of methoxy groups -OCH3 is 1. The zero-order chi connectivity index (χ0) is 13.7. The Balaban J connectivity index is 2.18. The van der Waals surface area contributed by atoms with Crippen LogP contribution in [0.15, 0.2) is 36.7 Å². The molecule has 0 atom stereocenters. The molecule has 0 saturated carbocycles. The second-order valence-corrected chi connectivity index (χ2v) is 4.19. The molecule has 0 fully saturated rings. The molecule has 0 aliphatic rings. The lowest BCUT2D eigenvalue weighted by atomic mass is 10.2. The highest BCUT2D eigenvalue weighted by molar-refractivity contribution is 5.40.